The number of likely N-dealkylation sites (tertiary alicyclic amines) is 1. The molecule has 0 saturated carbocycles. The second kappa shape index (κ2) is 11.0. The van der Waals surface area contributed by atoms with Crippen molar-refractivity contribution in [2.45, 2.75) is 45.4 Å². The lowest BCUT2D eigenvalue weighted by Crippen LogP contribution is -2.37. The Bertz CT molecular complexity index is 1100. The molecular weight excluding hydrogens is 428 g/mol. The van der Waals surface area contributed by atoms with Crippen molar-refractivity contribution in [1.29, 1.82) is 0 Å². The Labute approximate surface area is 202 Å². The molecule has 1 N–H and O–H groups in total. The van der Waals surface area contributed by atoms with Crippen LogP contribution in [0.4, 0.5) is 5.82 Å². The van der Waals surface area contributed by atoms with Gasteiger partial charge in [-0.2, -0.15) is 0 Å². The Morgan fingerprint density at radius 3 is 2.50 bits per heavy atom. The highest BCUT2D eigenvalue weighted by atomic mass is 16.5. The van der Waals surface area contributed by atoms with Crippen molar-refractivity contribution >= 4 is 16.7 Å². The summed E-state index contributed by atoms with van der Waals surface area (Å²) in [7, 11) is 5.36. The van der Waals surface area contributed by atoms with E-state index in [-0.39, 0.29) is 6.10 Å². The van der Waals surface area contributed by atoms with Crippen LogP contribution < -0.4 is 14.4 Å². The van der Waals surface area contributed by atoms with E-state index in [0.29, 0.717) is 12.5 Å². The van der Waals surface area contributed by atoms with Crippen LogP contribution in [0.25, 0.3) is 10.9 Å². The molecule has 4 rings (SSSR count). The van der Waals surface area contributed by atoms with Crippen molar-refractivity contribution < 1.29 is 14.6 Å². The van der Waals surface area contributed by atoms with E-state index in [1.165, 1.54) is 0 Å². The average molecular weight is 465 g/mol. The number of piperidine rings is 1. The molecule has 0 amide bonds. The van der Waals surface area contributed by atoms with Gasteiger partial charge in [0.05, 0.1) is 32.4 Å². The first-order valence-corrected chi connectivity index (χ1v) is 12.1. The normalized spacial score (nSPS) is 15.9. The highest BCUT2D eigenvalue weighted by Gasteiger charge is 2.25. The third kappa shape index (κ3) is 5.42. The number of nitrogens with zero attached hydrogens (tertiary/aromatic N) is 4. The first kappa shape index (κ1) is 24.2. The molecule has 0 bridgehead atoms. The summed E-state index contributed by atoms with van der Waals surface area (Å²) in [5.74, 6) is 3.60. The van der Waals surface area contributed by atoms with Crippen LogP contribution >= 0.6 is 0 Å². The Kier molecular flexibility index (Phi) is 7.85. The maximum atomic E-state index is 10.2. The zero-order valence-corrected chi connectivity index (χ0v) is 20.7. The summed E-state index contributed by atoms with van der Waals surface area (Å²) >= 11 is 0. The molecule has 0 unspecified atom stereocenters. The van der Waals surface area contributed by atoms with Crippen LogP contribution in [0, 0.1) is 5.92 Å². The zero-order chi connectivity index (χ0) is 24.1. The van der Waals surface area contributed by atoms with Crippen molar-refractivity contribution in [3.05, 3.63) is 53.9 Å². The van der Waals surface area contributed by atoms with Crippen LogP contribution in [0.5, 0.6) is 11.5 Å². The van der Waals surface area contributed by atoms with Crippen molar-refractivity contribution in [2.24, 2.45) is 5.92 Å². The summed E-state index contributed by atoms with van der Waals surface area (Å²) < 4.78 is 10.9. The topological polar surface area (TPSA) is 71.0 Å². The smallest absolute Gasteiger partial charge is 0.161 e. The molecule has 2 heterocycles. The summed E-state index contributed by atoms with van der Waals surface area (Å²) in [4.78, 5) is 14.4. The molecule has 3 aromatic rings. The number of aliphatic hydroxyl groups is 1. The van der Waals surface area contributed by atoms with Crippen LogP contribution in [-0.4, -0.2) is 60.4 Å². The minimum Gasteiger partial charge on any atom is -0.493 e. The number of methoxy groups -OCH3 is 2. The molecule has 1 aliphatic heterocycles. The molecule has 2 aromatic carbocycles. The number of fused-ring (bicyclic) bond motifs is 1. The predicted molar refractivity (Wildman–Crippen MR) is 135 cm³/mol. The van der Waals surface area contributed by atoms with Gasteiger partial charge in [-0.3, -0.25) is 4.90 Å². The molecule has 34 heavy (non-hydrogen) atoms. The highest BCUT2D eigenvalue weighted by molar-refractivity contribution is 5.89. The first-order valence-electron chi connectivity index (χ1n) is 12.1. The zero-order valence-electron chi connectivity index (χ0n) is 20.7. The predicted octanol–water partition coefficient (Wildman–Crippen LogP) is 4.27. The van der Waals surface area contributed by atoms with Gasteiger partial charge in [0, 0.05) is 19.0 Å². The average Bonchev–Trinajstić information content (AvgIpc) is 2.88. The number of anilines is 1. The van der Waals surface area contributed by atoms with Gasteiger partial charge in [-0.1, -0.05) is 25.1 Å². The number of para-hydroxylation sites is 1. The molecule has 0 radical (unpaired) electrons. The van der Waals surface area contributed by atoms with Crippen LogP contribution in [0.3, 0.4) is 0 Å². The van der Waals surface area contributed by atoms with Gasteiger partial charge in [0.15, 0.2) is 11.5 Å². The molecule has 1 aliphatic rings. The first-order chi connectivity index (χ1) is 16.5. The summed E-state index contributed by atoms with van der Waals surface area (Å²) in [6.45, 7) is 5.39. The van der Waals surface area contributed by atoms with Crippen molar-refractivity contribution in [3.63, 3.8) is 0 Å². The second-order valence-electron chi connectivity index (χ2n) is 9.12. The summed E-state index contributed by atoms with van der Waals surface area (Å²) in [5.41, 5.74) is 2.07. The lowest BCUT2D eigenvalue weighted by molar-refractivity contribution is 0.0543. The maximum absolute atomic E-state index is 10.2. The quantitative estimate of drug-likeness (QED) is 0.507. The standard InChI is InChI=1S/C27H36N4O3/c1-5-23(32)20-12-14-31(15-13-20)18-26-28-22-9-7-6-8-21(22)27(29-26)30(2)17-19-10-11-24(33-3)25(16-19)34-4/h6-11,16,20,23,32H,5,12-15,17-18H2,1-4H3/t23-/m0/s1. The largest absolute Gasteiger partial charge is 0.493 e. The van der Waals surface area contributed by atoms with E-state index in [4.69, 9.17) is 19.4 Å². The van der Waals surface area contributed by atoms with Gasteiger partial charge >= 0.3 is 0 Å². The SMILES string of the molecule is CC[C@H](O)C1CCN(Cc2nc(N(C)Cc3ccc(OC)c(OC)c3)c3ccccc3n2)CC1. The van der Waals surface area contributed by atoms with E-state index in [1.54, 1.807) is 14.2 Å². The van der Waals surface area contributed by atoms with Gasteiger partial charge in [0.1, 0.15) is 11.6 Å². The third-order valence-electron chi connectivity index (χ3n) is 6.82. The lowest BCUT2D eigenvalue weighted by atomic mass is 9.90. The summed E-state index contributed by atoms with van der Waals surface area (Å²) in [6.07, 6.45) is 2.69. The molecule has 7 nitrogen and oxygen atoms in total. The minimum absolute atomic E-state index is 0.184. The van der Waals surface area contributed by atoms with E-state index in [1.807, 2.05) is 24.3 Å². The maximum Gasteiger partial charge on any atom is 0.161 e. The number of hydrogen-bond donors (Lipinski definition) is 1. The molecule has 182 valence electrons. The van der Waals surface area contributed by atoms with E-state index < -0.39 is 0 Å². The number of aromatic nitrogens is 2. The van der Waals surface area contributed by atoms with E-state index in [0.717, 1.165) is 78.5 Å². The molecule has 1 fully saturated rings. The fourth-order valence-corrected chi connectivity index (χ4v) is 4.83. The van der Waals surface area contributed by atoms with Gasteiger partial charge in [-0.05, 0) is 68.1 Å². The minimum atomic E-state index is -0.184. The lowest BCUT2D eigenvalue weighted by Gasteiger charge is -2.33. The number of benzene rings is 2. The van der Waals surface area contributed by atoms with Crippen molar-refractivity contribution in [2.75, 3.05) is 39.3 Å². The van der Waals surface area contributed by atoms with Crippen LogP contribution in [0.1, 0.15) is 37.6 Å². The molecule has 1 aromatic heterocycles. The van der Waals surface area contributed by atoms with E-state index in [2.05, 4.69) is 42.0 Å². The van der Waals surface area contributed by atoms with Gasteiger partial charge in [0.2, 0.25) is 0 Å². The van der Waals surface area contributed by atoms with E-state index in [9.17, 15) is 5.11 Å². The number of rotatable bonds is 9. The van der Waals surface area contributed by atoms with Gasteiger partial charge in [-0.15, -0.1) is 0 Å². The van der Waals surface area contributed by atoms with E-state index >= 15 is 0 Å². The monoisotopic (exact) mass is 464 g/mol. The van der Waals surface area contributed by atoms with Gasteiger partial charge < -0.3 is 19.5 Å². The fourth-order valence-electron chi connectivity index (χ4n) is 4.83. The second-order valence-corrected chi connectivity index (χ2v) is 9.12. The number of ether oxygens (including phenoxy) is 2. The molecule has 1 saturated heterocycles. The number of aliphatic hydroxyl groups excluding tert-OH is 1. The van der Waals surface area contributed by atoms with Crippen LogP contribution in [0.15, 0.2) is 42.5 Å². The summed E-state index contributed by atoms with van der Waals surface area (Å²) in [6, 6.07) is 14.2. The Morgan fingerprint density at radius 2 is 1.79 bits per heavy atom. The molecule has 0 spiro atoms. The van der Waals surface area contributed by atoms with Crippen LogP contribution in [0.2, 0.25) is 0 Å². The third-order valence-corrected chi connectivity index (χ3v) is 6.82. The number of hydrogen-bond acceptors (Lipinski definition) is 7. The van der Waals surface area contributed by atoms with Crippen LogP contribution in [-0.2, 0) is 13.1 Å². The van der Waals surface area contributed by atoms with Gasteiger partial charge in [-0.25, -0.2) is 9.97 Å². The van der Waals surface area contributed by atoms with Crippen molar-refractivity contribution in [3.8, 4) is 11.5 Å². The highest BCUT2D eigenvalue weighted by Crippen LogP contribution is 2.30. The Morgan fingerprint density at radius 1 is 1.06 bits per heavy atom. The summed E-state index contributed by atoms with van der Waals surface area (Å²) in [5, 5.41) is 11.2. The molecule has 1 atom stereocenters. The molecule has 7 heteroatoms. The molecular formula is C27H36N4O3. The van der Waals surface area contributed by atoms with Gasteiger partial charge in [0.25, 0.3) is 0 Å². The molecule has 0 aliphatic carbocycles. The van der Waals surface area contributed by atoms with Crippen molar-refractivity contribution in [1.82, 2.24) is 14.9 Å². The Hall–Kier alpha value is -2.90. The fraction of sp³-hybridized carbons (Fsp3) is 0.481. The Balaban J connectivity index is 1.54.